The standard InChI is InChI=1S/C27H36Cl2N4O5Si/c1-15-23(22-16(2)33-37-17(22)3)31-25(32-24(15)29)20-13-18(9-10-21(20)28)36-14-19(11-12-35-26(30)34)38-39(7,8)27(4,5)6/h9-10,13,19H,11-12,14H2,1-8H3,(H2,30,34)/t19-/m1/s1. The van der Waals surface area contributed by atoms with E-state index in [1.807, 2.05) is 20.8 Å². The number of nitrogens with zero attached hydrogens (tertiary/aromatic N) is 3. The maximum absolute atomic E-state index is 11.1. The molecule has 9 nitrogen and oxygen atoms in total. The molecule has 1 amide bonds. The lowest BCUT2D eigenvalue weighted by atomic mass is 10.1. The SMILES string of the molecule is Cc1noc(C)c1-c1nc(-c2cc(OC[C@@H](CCOC(N)=O)O[Si](C)(C)C(C)(C)C)ccc2Cl)nc(Cl)c1C. The molecule has 2 heterocycles. The van der Waals surface area contributed by atoms with E-state index in [4.69, 9.17) is 52.3 Å². The minimum atomic E-state index is -2.13. The van der Waals surface area contributed by atoms with E-state index in [0.29, 0.717) is 56.4 Å². The molecule has 39 heavy (non-hydrogen) atoms. The average Bonchev–Trinajstić information content (AvgIpc) is 3.16. The van der Waals surface area contributed by atoms with Crippen molar-refractivity contribution in [2.75, 3.05) is 13.2 Å². The number of amides is 1. The van der Waals surface area contributed by atoms with Gasteiger partial charge in [-0.05, 0) is 57.1 Å². The number of aryl methyl sites for hydroxylation is 2. The molecule has 0 spiro atoms. The molecule has 212 valence electrons. The highest BCUT2D eigenvalue weighted by atomic mass is 35.5. The van der Waals surface area contributed by atoms with E-state index in [2.05, 4.69) is 44.0 Å². The zero-order chi connectivity index (χ0) is 29.1. The Labute approximate surface area is 240 Å². The van der Waals surface area contributed by atoms with Crippen LogP contribution in [0, 0.1) is 20.8 Å². The Hall–Kier alpha value is -2.66. The van der Waals surface area contributed by atoms with E-state index in [1.165, 1.54) is 0 Å². The summed E-state index contributed by atoms with van der Waals surface area (Å²) in [5.74, 6) is 1.53. The number of carbonyl (C=O) groups excluding carboxylic acids is 1. The molecule has 0 radical (unpaired) electrons. The largest absolute Gasteiger partial charge is 0.491 e. The van der Waals surface area contributed by atoms with Gasteiger partial charge in [-0.1, -0.05) is 49.1 Å². The fourth-order valence-corrected chi connectivity index (χ4v) is 5.43. The first-order valence-corrected chi connectivity index (χ1v) is 16.3. The van der Waals surface area contributed by atoms with E-state index in [1.54, 1.807) is 18.2 Å². The lowest BCUT2D eigenvalue weighted by Crippen LogP contribution is -2.45. The molecule has 3 aromatic rings. The summed E-state index contributed by atoms with van der Waals surface area (Å²) < 4.78 is 23.0. The molecule has 0 aliphatic carbocycles. The quantitative estimate of drug-likeness (QED) is 0.192. The van der Waals surface area contributed by atoms with Crippen LogP contribution >= 0.6 is 23.2 Å². The van der Waals surface area contributed by atoms with Gasteiger partial charge in [0.15, 0.2) is 14.1 Å². The Morgan fingerprint density at radius 2 is 1.85 bits per heavy atom. The van der Waals surface area contributed by atoms with E-state index in [9.17, 15) is 4.79 Å². The molecule has 12 heteroatoms. The number of ether oxygens (including phenoxy) is 2. The molecule has 0 saturated carbocycles. The second-order valence-electron chi connectivity index (χ2n) is 10.9. The second-order valence-corrected chi connectivity index (χ2v) is 16.4. The molecule has 1 atom stereocenters. The van der Waals surface area contributed by atoms with Gasteiger partial charge in [0.1, 0.15) is 23.3 Å². The van der Waals surface area contributed by atoms with Crippen LogP contribution in [-0.4, -0.2) is 48.9 Å². The minimum absolute atomic E-state index is 0.00972. The summed E-state index contributed by atoms with van der Waals surface area (Å²) in [6.45, 7) is 16.7. The summed E-state index contributed by atoms with van der Waals surface area (Å²) in [6.07, 6.45) is -0.703. The van der Waals surface area contributed by atoms with Gasteiger partial charge in [-0.25, -0.2) is 14.8 Å². The zero-order valence-electron chi connectivity index (χ0n) is 23.6. The molecule has 0 bridgehead atoms. The number of nitrogens with two attached hydrogens (primary N) is 1. The van der Waals surface area contributed by atoms with Gasteiger partial charge in [0.2, 0.25) is 0 Å². The minimum Gasteiger partial charge on any atom is -0.491 e. The monoisotopic (exact) mass is 594 g/mol. The number of rotatable bonds is 10. The Balaban J connectivity index is 1.89. The van der Waals surface area contributed by atoms with Gasteiger partial charge in [0.25, 0.3) is 0 Å². The van der Waals surface area contributed by atoms with Gasteiger partial charge in [-0.2, -0.15) is 0 Å². The van der Waals surface area contributed by atoms with Crippen molar-refractivity contribution in [3.63, 3.8) is 0 Å². The number of halogens is 2. The molecule has 0 saturated heterocycles. The first-order valence-electron chi connectivity index (χ1n) is 12.6. The van der Waals surface area contributed by atoms with Crippen LogP contribution < -0.4 is 10.5 Å². The van der Waals surface area contributed by atoms with E-state index >= 15 is 0 Å². The number of aromatic nitrogens is 3. The van der Waals surface area contributed by atoms with Crippen molar-refractivity contribution in [2.24, 2.45) is 5.73 Å². The lowest BCUT2D eigenvalue weighted by Gasteiger charge is -2.39. The van der Waals surface area contributed by atoms with Crippen LogP contribution in [0.4, 0.5) is 4.79 Å². The third-order valence-corrected chi connectivity index (χ3v) is 12.2. The van der Waals surface area contributed by atoms with Crippen LogP contribution in [0.25, 0.3) is 22.6 Å². The summed E-state index contributed by atoms with van der Waals surface area (Å²) in [5, 5.41) is 4.77. The van der Waals surface area contributed by atoms with Crippen molar-refractivity contribution in [3.05, 3.63) is 45.4 Å². The highest BCUT2D eigenvalue weighted by Gasteiger charge is 2.39. The Morgan fingerprint density at radius 1 is 1.15 bits per heavy atom. The molecule has 0 aliphatic rings. The molecule has 0 aliphatic heterocycles. The third kappa shape index (κ3) is 7.51. The van der Waals surface area contributed by atoms with Crippen molar-refractivity contribution in [1.29, 1.82) is 0 Å². The van der Waals surface area contributed by atoms with E-state index in [0.717, 1.165) is 5.56 Å². The van der Waals surface area contributed by atoms with Crippen LogP contribution in [0.3, 0.4) is 0 Å². The number of benzene rings is 1. The predicted molar refractivity (Wildman–Crippen MR) is 155 cm³/mol. The van der Waals surface area contributed by atoms with Crippen LogP contribution in [0.15, 0.2) is 22.7 Å². The summed E-state index contributed by atoms with van der Waals surface area (Å²) in [6, 6.07) is 5.25. The van der Waals surface area contributed by atoms with Crippen LogP contribution in [0.2, 0.25) is 28.3 Å². The molecular weight excluding hydrogens is 559 g/mol. The molecule has 3 rings (SSSR count). The molecule has 0 unspecified atom stereocenters. The van der Waals surface area contributed by atoms with Crippen LogP contribution in [-0.2, 0) is 9.16 Å². The van der Waals surface area contributed by atoms with Crippen molar-refractivity contribution >= 4 is 37.6 Å². The Morgan fingerprint density at radius 3 is 2.44 bits per heavy atom. The molecule has 2 aromatic heterocycles. The summed E-state index contributed by atoms with van der Waals surface area (Å²) >= 11 is 13.1. The zero-order valence-corrected chi connectivity index (χ0v) is 26.2. The maximum atomic E-state index is 11.1. The fourth-order valence-electron chi connectivity index (χ4n) is 3.69. The van der Waals surface area contributed by atoms with Crippen molar-refractivity contribution in [3.8, 4) is 28.4 Å². The predicted octanol–water partition coefficient (Wildman–Crippen LogP) is 7.29. The second kappa shape index (κ2) is 12.2. The highest BCUT2D eigenvalue weighted by Crippen LogP contribution is 2.38. The van der Waals surface area contributed by atoms with Crippen molar-refractivity contribution in [2.45, 2.75) is 72.2 Å². The van der Waals surface area contributed by atoms with E-state index < -0.39 is 14.4 Å². The van der Waals surface area contributed by atoms with Crippen LogP contribution in [0.1, 0.15) is 44.2 Å². The molecule has 2 N–H and O–H groups in total. The fraction of sp³-hybridized carbons (Fsp3) is 0.481. The van der Waals surface area contributed by atoms with Gasteiger partial charge >= 0.3 is 6.09 Å². The summed E-state index contributed by atoms with van der Waals surface area (Å²) in [5.41, 5.74) is 8.50. The third-order valence-electron chi connectivity index (χ3n) is 6.92. The molecular formula is C27H36Cl2N4O5Si. The van der Waals surface area contributed by atoms with Crippen molar-refractivity contribution in [1.82, 2.24) is 15.1 Å². The first-order chi connectivity index (χ1) is 18.1. The van der Waals surface area contributed by atoms with Crippen LogP contribution in [0.5, 0.6) is 5.75 Å². The number of carbonyl (C=O) groups is 1. The number of primary amides is 1. The van der Waals surface area contributed by atoms with Gasteiger partial charge < -0.3 is 24.2 Å². The van der Waals surface area contributed by atoms with Gasteiger partial charge in [-0.15, -0.1) is 0 Å². The summed E-state index contributed by atoms with van der Waals surface area (Å²) in [4.78, 5) is 20.4. The number of hydrogen-bond acceptors (Lipinski definition) is 8. The van der Waals surface area contributed by atoms with Crippen molar-refractivity contribution < 1.29 is 23.2 Å². The van der Waals surface area contributed by atoms with E-state index in [-0.39, 0.29) is 24.4 Å². The Bertz CT molecular complexity index is 1320. The Kier molecular flexibility index (Phi) is 9.69. The summed E-state index contributed by atoms with van der Waals surface area (Å²) in [7, 11) is -2.13. The molecule has 1 aromatic carbocycles. The highest BCUT2D eigenvalue weighted by molar-refractivity contribution is 6.74. The topological polar surface area (TPSA) is 123 Å². The number of hydrogen-bond donors (Lipinski definition) is 1. The first kappa shape index (κ1) is 30.9. The average molecular weight is 596 g/mol. The normalized spacial score (nSPS) is 12.9. The smallest absolute Gasteiger partial charge is 0.404 e. The maximum Gasteiger partial charge on any atom is 0.404 e. The molecule has 0 fully saturated rings. The van der Waals surface area contributed by atoms with Gasteiger partial charge in [0, 0.05) is 17.5 Å². The van der Waals surface area contributed by atoms with Gasteiger partial charge in [-0.3, -0.25) is 0 Å². The van der Waals surface area contributed by atoms with Gasteiger partial charge in [0.05, 0.1) is 34.7 Å². The lowest BCUT2D eigenvalue weighted by molar-refractivity contribution is 0.0810.